The summed E-state index contributed by atoms with van der Waals surface area (Å²) in [6.07, 6.45) is 2.44. The number of hydrogen-bond donors (Lipinski definition) is 1. The van der Waals surface area contributed by atoms with Crippen LogP contribution in [-0.4, -0.2) is 30.6 Å². The first kappa shape index (κ1) is 11.6. The minimum absolute atomic E-state index is 0.386. The fourth-order valence-electron chi connectivity index (χ4n) is 2.53. The molecule has 0 aromatic heterocycles. The van der Waals surface area contributed by atoms with E-state index in [0.717, 1.165) is 13.1 Å². The predicted molar refractivity (Wildman–Crippen MR) is 68.5 cm³/mol. The second kappa shape index (κ2) is 5.46. The van der Waals surface area contributed by atoms with Gasteiger partial charge in [0.2, 0.25) is 0 Å². The van der Waals surface area contributed by atoms with Crippen LogP contribution in [0.3, 0.4) is 0 Å². The van der Waals surface area contributed by atoms with Gasteiger partial charge >= 0.3 is 0 Å². The van der Waals surface area contributed by atoms with Gasteiger partial charge in [0.05, 0.1) is 0 Å². The van der Waals surface area contributed by atoms with E-state index in [1.165, 1.54) is 24.9 Å². The third-order valence-electron chi connectivity index (χ3n) is 3.44. The standard InChI is InChI=1S/C14H22N2/c1-12(13-6-3-2-4-7-13)10-16-9-5-8-14(15)11-16/h2-4,6-7,12,14H,5,8-11,15H2,1H3/t12-,14-/m0/s1. The summed E-state index contributed by atoms with van der Waals surface area (Å²) >= 11 is 0. The quantitative estimate of drug-likeness (QED) is 0.843. The summed E-state index contributed by atoms with van der Waals surface area (Å²) in [5.74, 6) is 0.603. The lowest BCUT2D eigenvalue weighted by molar-refractivity contribution is 0.200. The van der Waals surface area contributed by atoms with E-state index < -0.39 is 0 Å². The molecular formula is C14H22N2. The first-order valence-electron chi connectivity index (χ1n) is 6.28. The monoisotopic (exact) mass is 218 g/mol. The first-order valence-corrected chi connectivity index (χ1v) is 6.28. The van der Waals surface area contributed by atoms with Crippen LogP contribution < -0.4 is 5.73 Å². The molecule has 2 heteroatoms. The smallest absolute Gasteiger partial charge is 0.0168 e. The summed E-state index contributed by atoms with van der Waals surface area (Å²) in [5, 5.41) is 0. The zero-order chi connectivity index (χ0) is 11.4. The summed E-state index contributed by atoms with van der Waals surface area (Å²) in [6.45, 7) is 5.72. The molecule has 1 fully saturated rings. The second-order valence-electron chi connectivity index (χ2n) is 4.97. The Morgan fingerprint density at radius 3 is 2.81 bits per heavy atom. The van der Waals surface area contributed by atoms with Crippen LogP contribution in [-0.2, 0) is 0 Å². The Labute approximate surface area is 98.4 Å². The van der Waals surface area contributed by atoms with Crippen molar-refractivity contribution in [2.45, 2.75) is 31.7 Å². The van der Waals surface area contributed by atoms with Gasteiger partial charge < -0.3 is 10.6 Å². The molecule has 2 N–H and O–H groups in total. The van der Waals surface area contributed by atoms with Crippen LogP contribution in [0.2, 0.25) is 0 Å². The van der Waals surface area contributed by atoms with Gasteiger partial charge in [-0.15, -0.1) is 0 Å². The topological polar surface area (TPSA) is 29.3 Å². The maximum Gasteiger partial charge on any atom is 0.0168 e. The molecule has 1 aromatic rings. The second-order valence-corrected chi connectivity index (χ2v) is 4.97. The van der Waals surface area contributed by atoms with Crippen LogP contribution in [0.4, 0.5) is 0 Å². The Hall–Kier alpha value is -0.860. The van der Waals surface area contributed by atoms with Crippen LogP contribution in [0.25, 0.3) is 0 Å². The Kier molecular flexibility index (Phi) is 3.97. The van der Waals surface area contributed by atoms with Gasteiger partial charge in [-0.1, -0.05) is 37.3 Å². The van der Waals surface area contributed by atoms with Gasteiger partial charge in [0, 0.05) is 19.1 Å². The highest BCUT2D eigenvalue weighted by Gasteiger charge is 2.18. The molecule has 0 spiro atoms. The van der Waals surface area contributed by atoms with E-state index in [1.54, 1.807) is 0 Å². The van der Waals surface area contributed by atoms with Crippen molar-refractivity contribution in [1.82, 2.24) is 4.90 Å². The molecule has 88 valence electrons. The van der Waals surface area contributed by atoms with Crippen molar-refractivity contribution in [3.05, 3.63) is 35.9 Å². The van der Waals surface area contributed by atoms with Crippen LogP contribution >= 0.6 is 0 Å². The molecule has 0 aliphatic carbocycles. The lowest BCUT2D eigenvalue weighted by Crippen LogP contribution is -2.44. The molecule has 2 nitrogen and oxygen atoms in total. The number of likely N-dealkylation sites (tertiary alicyclic amines) is 1. The van der Waals surface area contributed by atoms with Crippen LogP contribution in [0.15, 0.2) is 30.3 Å². The van der Waals surface area contributed by atoms with E-state index in [1.807, 2.05) is 0 Å². The minimum Gasteiger partial charge on any atom is -0.327 e. The van der Waals surface area contributed by atoms with Gasteiger partial charge in [0.15, 0.2) is 0 Å². The van der Waals surface area contributed by atoms with Gasteiger partial charge in [-0.3, -0.25) is 0 Å². The molecule has 16 heavy (non-hydrogen) atoms. The number of hydrogen-bond acceptors (Lipinski definition) is 2. The molecule has 0 saturated carbocycles. The van der Waals surface area contributed by atoms with Gasteiger partial charge in [-0.25, -0.2) is 0 Å². The van der Waals surface area contributed by atoms with Gasteiger partial charge in [-0.05, 0) is 30.9 Å². The fraction of sp³-hybridized carbons (Fsp3) is 0.571. The molecule has 1 aliphatic heterocycles. The van der Waals surface area contributed by atoms with Gasteiger partial charge in [0.1, 0.15) is 0 Å². The fourth-order valence-corrected chi connectivity index (χ4v) is 2.53. The number of rotatable bonds is 3. The normalized spacial score (nSPS) is 24.2. The maximum atomic E-state index is 6.00. The van der Waals surface area contributed by atoms with Crippen molar-refractivity contribution < 1.29 is 0 Å². The van der Waals surface area contributed by atoms with E-state index in [0.29, 0.717) is 12.0 Å². The van der Waals surface area contributed by atoms with E-state index in [9.17, 15) is 0 Å². The molecule has 1 aromatic carbocycles. The number of nitrogens with two attached hydrogens (primary N) is 1. The van der Waals surface area contributed by atoms with E-state index >= 15 is 0 Å². The molecule has 1 saturated heterocycles. The van der Waals surface area contributed by atoms with Crippen LogP contribution in [0.1, 0.15) is 31.2 Å². The van der Waals surface area contributed by atoms with E-state index in [4.69, 9.17) is 5.73 Å². The van der Waals surface area contributed by atoms with Crippen molar-refractivity contribution >= 4 is 0 Å². The summed E-state index contributed by atoms with van der Waals surface area (Å²) in [7, 11) is 0. The minimum atomic E-state index is 0.386. The van der Waals surface area contributed by atoms with E-state index in [2.05, 4.69) is 42.2 Å². The molecular weight excluding hydrogens is 196 g/mol. The van der Waals surface area contributed by atoms with Crippen LogP contribution in [0.5, 0.6) is 0 Å². The summed E-state index contributed by atoms with van der Waals surface area (Å²) < 4.78 is 0. The van der Waals surface area contributed by atoms with E-state index in [-0.39, 0.29) is 0 Å². The molecule has 1 heterocycles. The largest absolute Gasteiger partial charge is 0.327 e. The molecule has 0 radical (unpaired) electrons. The first-order chi connectivity index (χ1) is 7.75. The Balaban J connectivity index is 1.89. The van der Waals surface area contributed by atoms with Crippen LogP contribution in [0, 0.1) is 0 Å². The highest BCUT2D eigenvalue weighted by Crippen LogP contribution is 2.18. The highest BCUT2D eigenvalue weighted by atomic mass is 15.1. The molecule has 1 aliphatic rings. The summed E-state index contributed by atoms with van der Waals surface area (Å²) in [6, 6.07) is 11.1. The lowest BCUT2D eigenvalue weighted by Gasteiger charge is -2.32. The Bertz CT molecular complexity index is 310. The Morgan fingerprint density at radius 2 is 2.12 bits per heavy atom. The SMILES string of the molecule is C[C@@H](CN1CCC[C@H](N)C1)c1ccccc1. The van der Waals surface area contributed by atoms with Crippen molar-refractivity contribution in [2.75, 3.05) is 19.6 Å². The molecule has 0 unspecified atom stereocenters. The third-order valence-corrected chi connectivity index (χ3v) is 3.44. The predicted octanol–water partition coefficient (Wildman–Crippen LogP) is 2.21. The summed E-state index contributed by atoms with van der Waals surface area (Å²) in [5.41, 5.74) is 7.43. The average Bonchev–Trinajstić information content (AvgIpc) is 2.30. The Morgan fingerprint density at radius 1 is 1.38 bits per heavy atom. The highest BCUT2D eigenvalue weighted by molar-refractivity contribution is 5.19. The zero-order valence-corrected chi connectivity index (χ0v) is 10.1. The third kappa shape index (κ3) is 3.06. The zero-order valence-electron chi connectivity index (χ0n) is 10.1. The van der Waals surface area contributed by atoms with Crippen molar-refractivity contribution in [1.29, 1.82) is 0 Å². The summed E-state index contributed by atoms with van der Waals surface area (Å²) in [4.78, 5) is 2.51. The van der Waals surface area contributed by atoms with Crippen molar-refractivity contribution in [2.24, 2.45) is 5.73 Å². The number of benzene rings is 1. The molecule has 2 rings (SSSR count). The maximum absolute atomic E-state index is 6.00. The number of nitrogens with zero attached hydrogens (tertiary/aromatic N) is 1. The lowest BCUT2D eigenvalue weighted by atomic mass is 9.99. The molecule has 2 atom stereocenters. The van der Waals surface area contributed by atoms with Gasteiger partial charge in [0.25, 0.3) is 0 Å². The van der Waals surface area contributed by atoms with Crippen molar-refractivity contribution in [3.8, 4) is 0 Å². The molecule has 0 bridgehead atoms. The average molecular weight is 218 g/mol. The number of piperidine rings is 1. The van der Waals surface area contributed by atoms with Crippen molar-refractivity contribution in [3.63, 3.8) is 0 Å². The van der Waals surface area contributed by atoms with Gasteiger partial charge in [-0.2, -0.15) is 0 Å². The molecule has 0 amide bonds.